The molecule has 78 valence electrons. The Morgan fingerprint density at radius 3 is 2.80 bits per heavy atom. The number of hydrogen-bond acceptors (Lipinski definition) is 2. The first kappa shape index (κ1) is 9.71. The standard InChI is InChI=1S/C11H10FNO2/c1-7-5-13-6-9(12)3-4-10(13)11(7)15-8(2)14/h3-6H,1-2H3. The Morgan fingerprint density at radius 1 is 1.40 bits per heavy atom. The van der Waals surface area contributed by atoms with Gasteiger partial charge in [0.15, 0.2) is 5.75 Å². The van der Waals surface area contributed by atoms with Crippen LogP contribution in [0.4, 0.5) is 4.39 Å². The van der Waals surface area contributed by atoms with Crippen molar-refractivity contribution in [2.75, 3.05) is 0 Å². The van der Waals surface area contributed by atoms with Crippen molar-refractivity contribution in [1.82, 2.24) is 4.40 Å². The van der Waals surface area contributed by atoms with Gasteiger partial charge < -0.3 is 9.14 Å². The summed E-state index contributed by atoms with van der Waals surface area (Å²) in [6, 6.07) is 2.92. The number of fused-ring (bicyclic) bond motifs is 1. The lowest BCUT2D eigenvalue weighted by Gasteiger charge is -2.00. The molecule has 15 heavy (non-hydrogen) atoms. The molecule has 0 spiro atoms. The summed E-state index contributed by atoms with van der Waals surface area (Å²) in [5, 5.41) is 0. The summed E-state index contributed by atoms with van der Waals surface area (Å²) >= 11 is 0. The quantitative estimate of drug-likeness (QED) is 0.672. The van der Waals surface area contributed by atoms with Gasteiger partial charge in [-0.25, -0.2) is 4.39 Å². The number of carbonyl (C=O) groups is 1. The minimum atomic E-state index is -0.379. The van der Waals surface area contributed by atoms with Gasteiger partial charge in [-0.15, -0.1) is 0 Å². The monoisotopic (exact) mass is 207 g/mol. The van der Waals surface area contributed by atoms with Crippen LogP contribution in [0.25, 0.3) is 5.52 Å². The van der Waals surface area contributed by atoms with E-state index in [1.165, 1.54) is 19.2 Å². The van der Waals surface area contributed by atoms with Gasteiger partial charge in [0, 0.05) is 24.9 Å². The van der Waals surface area contributed by atoms with E-state index in [1.807, 2.05) is 6.92 Å². The Balaban J connectivity index is 2.63. The molecule has 0 aliphatic carbocycles. The summed E-state index contributed by atoms with van der Waals surface area (Å²) in [5.41, 5.74) is 1.49. The van der Waals surface area contributed by atoms with Crippen LogP contribution in [0.3, 0.4) is 0 Å². The molecule has 2 aromatic heterocycles. The third-order valence-corrected chi connectivity index (χ3v) is 2.11. The highest BCUT2D eigenvalue weighted by Gasteiger charge is 2.10. The number of rotatable bonds is 1. The first-order valence-electron chi connectivity index (χ1n) is 4.53. The van der Waals surface area contributed by atoms with Crippen LogP contribution in [0, 0.1) is 12.7 Å². The first-order valence-corrected chi connectivity index (χ1v) is 4.53. The summed E-state index contributed by atoms with van der Waals surface area (Å²) in [6.07, 6.45) is 3.06. The van der Waals surface area contributed by atoms with Gasteiger partial charge in [0.2, 0.25) is 0 Å². The molecule has 0 radical (unpaired) electrons. The molecule has 0 saturated carbocycles. The van der Waals surface area contributed by atoms with Crippen LogP contribution in [0.2, 0.25) is 0 Å². The lowest BCUT2D eigenvalue weighted by atomic mass is 10.3. The summed E-state index contributed by atoms with van der Waals surface area (Å²) in [5.74, 6) is -0.218. The normalized spacial score (nSPS) is 10.6. The minimum Gasteiger partial charge on any atom is -0.424 e. The number of aryl methyl sites for hydroxylation is 1. The number of pyridine rings is 1. The molecule has 3 nitrogen and oxygen atoms in total. The number of aromatic nitrogens is 1. The van der Waals surface area contributed by atoms with Crippen LogP contribution in [0.15, 0.2) is 24.5 Å². The number of halogens is 1. The zero-order chi connectivity index (χ0) is 11.0. The summed E-state index contributed by atoms with van der Waals surface area (Å²) in [7, 11) is 0. The first-order chi connectivity index (χ1) is 7.08. The van der Waals surface area contributed by atoms with E-state index in [0.29, 0.717) is 11.3 Å². The predicted octanol–water partition coefficient (Wildman–Crippen LogP) is 2.31. The van der Waals surface area contributed by atoms with Crippen molar-refractivity contribution in [2.45, 2.75) is 13.8 Å². The number of hydrogen-bond donors (Lipinski definition) is 0. The topological polar surface area (TPSA) is 30.7 Å². The zero-order valence-corrected chi connectivity index (χ0v) is 8.45. The lowest BCUT2D eigenvalue weighted by Crippen LogP contribution is -2.01. The van der Waals surface area contributed by atoms with E-state index >= 15 is 0 Å². The Kier molecular flexibility index (Phi) is 2.19. The maximum absolute atomic E-state index is 12.9. The summed E-state index contributed by atoms with van der Waals surface area (Å²) in [4.78, 5) is 10.9. The second-order valence-corrected chi connectivity index (χ2v) is 3.37. The highest BCUT2D eigenvalue weighted by atomic mass is 19.1. The molecule has 4 heteroatoms. The highest BCUT2D eigenvalue weighted by Crippen LogP contribution is 2.26. The van der Waals surface area contributed by atoms with E-state index in [4.69, 9.17) is 4.74 Å². The van der Waals surface area contributed by atoms with Gasteiger partial charge in [0.25, 0.3) is 0 Å². The molecule has 2 rings (SSSR count). The zero-order valence-electron chi connectivity index (χ0n) is 8.45. The third-order valence-electron chi connectivity index (χ3n) is 2.11. The Bertz CT molecular complexity index is 531. The molecule has 0 amide bonds. The lowest BCUT2D eigenvalue weighted by molar-refractivity contribution is -0.131. The van der Waals surface area contributed by atoms with Crippen molar-refractivity contribution in [3.05, 3.63) is 35.9 Å². The molecule has 0 aliphatic rings. The minimum absolute atomic E-state index is 0.327. The SMILES string of the molecule is CC(=O)Oc1c(C)cn2cc(F)ccc12. The van der Waals surface area contributed by atoms with Crippen LogP contribution < -0.4 is 4.74 Å². The summed E-state index contributed by atoms with van der Waals surface area (Å²) in [6.45, 7) is 3.15. The fraction of sp³-hybridized carbons (Fsp3) is 0.182. The predicted molar refractivity (Wildman–Crippen MR) is 53.4 cm³/mol. The second-order valence-electron chi connectivity index (χ2n) is 3.37. The van der Waals surface area contributed by atoms with Gasteiger partial charge in [0.05, 0.1) is 5.52 Å². The van der Waals surface area contributed by atoms with Crippen LogP contribution >= 0.6 is 0 Å². The van der Waals surface area contributed by atoms with Crippen molar-refractivity contribution in [1.29, 1.82) is 0 Å². The smallest absolute Gasteiger partial charge is 0.308 e. The van der Waals surface area contributed by atoms with Gasteiger partial charge in [0.1, 0.15) is 5.82 Å². The van der Waals surface area contributed by atoms with Crippen LogP contribution in [0.1, 0.15) is 12.5 Å². The molecule has 0 unspecified atom stereocenters. The van der Waals surface area contributed by atoms with Crippen molar-refractivity contribution < 1.29 is 13.9 Å². The number of nitrogens with zero attached hydrogens (tertiary/aromatic N) is 1. The van der Waals surface area contributed by atoms with Crippen molar-refractivity contribution in [3.8, 4) is 5.75 Å². The molecule has 0 N–H and O–H groups in total. The van der Waals surface area contributed by atoms with E-state index in [2.05, 4.69) is 0 Å². The van der Waals surface area contributed by atoms with Crippen molar-refractivity contribution in [2.24, 2.45) is 0 Å². The molecule has 0 fully saturated rings. The number of ether oxygens (including phenoxy) is 1. The van der Waals surface area contributed by atoms with Crippen LogP contribution in [-0.2, 0) is 4.79 Å². The van der Waals surface area contributed by atoms with Crippen LogP contribution in [0.5, 0.6) is 5.75 Å². The van der Waals surface area contributed by atoms with Crippen molar-refractivity contribution >= 4 is 11.5 Å². The summed E-state index contributed by atoms with van der Waals surface area (Å²) < 4.78 is 19.6. The Labute approximate surface area is 86.1 Å². The molecule has 0 atom stereocenters. The fourth-order valence-electron chi connectivity index (χ4n) is 1.54. The molecular weight excluding hydrogens is 197 g/mol. The van der Waals surface area contributed by atoms with Gasteiger partial charge >= 0.3 is 5.97 Å². The van der Waals surface area contributed by atoms with Crippen molar-refractivity contribution in [3.63, 3.8) is 0 Å². The number of carbonyl (C=O) groups excluding carboxylic acids is 1. The number of esters is 1. The molecule has 2 aromatic rings. The molecular formula is C11H10FNO2. The molecule has 0 saturated heterocycles. The average molecular weight is 207 g/mol. The maximum atomic E-state index is 12.9. The highest BCUT2D eigenvalue weighted by molar-refractivity contribution is 5.75. The Morgan fingerprint density at radius 2 is 2.13 bits per heavy atom. The third kappa shape index (κ3) is 1.70. The van der Waals surface area contributed by atoms with Gasteiger partial charge in [-0.3, -0.25) is 4.79 Å². The van der Waals surface area contributed by atoms with E-state index in [0.717, 1.165) is 5.56 Å². The molecule has 0 aromatic carbocycles. The molecule has 0 aliphatic heterocycles. The largest absolute Gasteiger partial charge is 0.424 e. The van der Waals surface area contributed by atoms with E-state index in [1.54, 1.807) is 16.7 Å². The van der Waals surface area contributed by atoms with E-state index in [-0.39, 0.29) is 11.8 Å². The van der Waals surface area contributed by atoms with Gasteiger partial charge in [-0.1, -0.05) is 0 Å². The van der Waals surface area contributed by atoms with Crippen LogP contribution in [-0.4, -0.2) is 10.4 Å². The Hall–Kier alpha value is -1.84. The average Bonchev–Trinajstić information content (AvgIpc) is 2.41. The van der Waals surface area contributed by atoms with Gasteiger partial charge in [-0.2, -0.15) is 0 Å². The molecule has 2 heterocycles. The molecule has 0 bridgehead atoms. The van der Waals surface area contributed by atoms with Gasteiger partial charge in [-0.05, 0) is 19.1 Å². The van der Waals surface area contributed by atoms with E-state index < -0.39 is 0 Å². The van der Waals surface area contributed by atoms with E-state index in [9.17, 15) is 9.18 Å². The second kappa shape index (κ2) is 3.38. The fourth-order valence-corrected chi connectivity index (χ4v) is 1.54. The maximum Gasteiger partial charge on any atom is 0.308 e.